The van der Waals surface area contributed by atoms with Gasteiger partial charge in [0.25, 0.3) is 0 Å². The highest BCUT2D eigenvalue weighted by Gasteiger charge is 2.19. The summed E-state index contributed by atoms with van der Waals surface area (Å²) >= 11 is 6.19. The van der Waals surface area contributed by atoms with E-state index in [4.69, 9.17) is 11.6 Å². The first-order valence-electron chi connectivity index (χ1n) is 6.83. The molecule has 0 atom stereocenters. The zero-order valence-electron chi connectivity index (χ0n) is 11.5. The van der Waals surface area contributed by atoms with Gasteiger partial charge in [-0.05, 0) is 37.5 Å². The number of rotatable bonds is 3. The van der Waals surface area contributed by atoms with Crippen LogP contribution in [0.1, 0.15) is 32.3 Å². The number of hydrogen-bond donors (Lipinski definition) is 1. The molecule has 2 nitrogen and oxygen atoms in total. The van der Waals surface area contributed by atoms with Crippen LogP contribution in [0.4, 0.5) is 5.69 Å². The van der Waals surface area contributed by atoms with E-state index in [1.54, 1.807) is 0 Å². The minimum absolute atomic E-state index is 0.579. The first kappa shape index (κ1) is 13.7. The summed E-state index contributed by atoms with van der Waals surface area (Å²) in [5.74, 6) is 0. The molecule has 3 heteroatoms. The summed E-state index contributed by atoms with van der Waals surface area (Å²) in [6.07, 6.45) is 2.42. The van der Waals surface area contributed by atoms with Crippen LogP contribution >= 0.6 is 11.6 Å². The van der Waals surface area contributed by atoms with Crippen LogP contribution in [0, 0.1) is 6.92 Å². The standard InChI is InChI=1S/C15H23ClN2/c1-11(2)17-13-6-8-18(9-7-13)14-5-4-12(3)15(16)10-14/h4-5,10-11,13,17H,6-9H2,1-3H3. The zero-order chi connectivity index (χ0) is 13.1. The fraction of sp³-hybridized carbons (Fsp3) is 0.600. The van der Waals surface area contributed by atoms with Gasteiger partial charge in [0.15, 0.2) is 0 Å². The average Bonchev–Trinajstić information content (AvgIpc) is 2.33. The summed E-state index contributed by atoms with van der Waals surface area (Å²) in [6.45, 7) is 8.71. The van der Waals surface area contributed by atoms with Crippen molar-refractivity contribution in [3.05, 3.63) is 28.8 Å². The second kappa shape index (κ2) is 5.94. The molecule has 0 saturated carbocycles. The molecule has 18 heavy (non-hydrogen) atoms. The molecule has 100 valence electrons. The van der Waals surface area contributed by atoms with E-state index in [1.807, 2.05) is 6.92 Å². The zero-order valence-corrected chi connectivity index (χ0v) is 12.3. The lowest BCUT2D eigenvalue weighted by Crippen LogP contribution is -2.44. The van der Waals surface area contributed by atoms with Crippen LogP contribution in [0.15, 0.2) is 18.2 Å². The van der Waals surface area contributed by atoms with Crippen LogP contribution in [-0.2, 0) is 0 Å². The minimum atomic E-state index is 0.579. The third-order valence-electron chi connectivity index (χ3n) is 3.58. The number of halogens is 1. The third kappa shape index (κ3) is 3.39. The van der Waals surface area contributed by atoms with Crippen molar-refractivity contribution in [1.82, 2.24) is 5.32 Å². The normalized spacial score (nSPS) is 17.5. The number of benzene rings is 1. The molecule has 0 unspecified atom stereocenters. The van der Waals surface area contributed by atoms with Gasteiger partial charge in [0, 0.05) is 35.9 Å². The number of nitrogens with zero attached hydrogens (tertiary/aromatic N) is 1. The Morgan fingerprint density at radius 2 is 1.94 bits per heavy atom. The molecule has 0 amide bonds. The van der Waals surface area contributed by atoms with E-state index in [0.29, 0.717) is 12.1 Å². The first-order valence-corrected chi connectivity index (χ1v) is 7.21. The molecule has 1 aliphatic heterocycles. The van der Waals surface area contributed by atoms with Crippen molar-refractivity contribution in [2.24, 2.45) is 0 Å². The smallest absolute Gasteiger partial charge is 0.0455 e. The highest BCUT2D eigenvalue weighted by Crippen LogP contribution is 2.25. The van der Waals surface area contributed by atoms with Crippen molar-refractivity contribution in [3.63, 3.8) is 0 Å². The molecular weight excluding hydrogens is 244 g/mol. The SMILES string of the molecule is Cc1ccc(N2CCC(NC(C)C)CC2)cc1Cl. The largest absolute Gasteiger partial charge is 0.371 e. The maximum absolute atomic E-state index is 6.19. The summed E-state index contributed by atoms with van der Waals surface area (Å²) in [6, 6.07) is 7.62. The number of nitrogens with one attached hydrogen (secondary N) is 1. The van der Waals surface area contributed by atoms with Crippen molar-refractivity contribution in [2.75, 3.05) is 18.0 Å². The Bertz CT molecular complexity index is 395. The van der Waals surface area contributed by atoms with E-state index in [0.717, 1.165) is 23.7 Å². The van der Waals surface area contributed by atoms with Gasteiger partial charge in [-0.1, -0.05) is 31.5 Å². The summed E-state index contributed by atoms with van der Waals surface area (Å²) in [4.78, 5) is 2.43. The average molecular weight is 267 g/mol. The molecule has 0 aliphatic carbocycles. The predicted octanol–water partition coefficient (Wildman–Crippen LogP) is 3.62. The Balaban J connectivity index is 1.94. The highest BCUT2D eigenvalue weighted by atomic mass is 35.5. The number of aryl methyl sites for hydroxylation is 1. The molecule has 2 rings (SSSR count). The van der Waals surface area contributed by atoms with Crippen LogP contribution in [0.2, 0.25) is 5.02 Å². The van der Waals surface area contributed by atoms with Gasteiger partial charge in [-0.15, -0.1) is 0 Å². The van der Waals surface area contributed by atoms with E-state index < -0.39 is 0 Å². The van der Waals surface area contributed by atoms with E-state index in [-0.39, 0.29) is 0 Å². The van der Waals surface area contributed by atoms with Gasteiger partial charge < -0.3 is 10.2 Å². The van der Waals surface area contributed by atoms with E-state index >= 15 is 0 Å². The van der Waals surface area contributed by atoms with Gasteiger partial charge in [-0.25, -0.2) is 0 Å². The van der Waals surface area contributed by atoms with Gasteiger partial charge in [0.2, 0.25) is 0 Å². The minimum Gasteiger partial charge on any atom is -0.371 e. The van der Waals surface area contributed by atoms with Crippen molar-refractivity contribution in [2.45, 2.75) is 45.7 Å². The second-order valence-electron chi connectivity index (χ2n) is 5.52. The van der Waals surface area contributed by atoms with Crippen LogP contribution < -0.4 is 10.2 Å². The van der Waals surface area contributed by atoms with Crippen molar-refractivity contribution in [3.8, 4) is 0 Å². The molecule has 0 aromatic heterocycles. The molecule has 1 aromatic rings. The van der Waals surface area contributed by atoms with Crippen LogP contribution in [0.25, 0.3) is 0 Å². The number of piperidine rings is 1. The van der Waals surface area contributed by atoms with E-state index in [2.05, 4.69) is 42.3 Å². The highest BCUT2D eigenvalue weighted by molar-refractivity contribution is 6.31. The van der Waals surface area contributed by atoms with Gasteiger partial charge in [0.1, 0.15) is 0 Å². The van der Waals surface area contributed by atoms with Crippen LogP contribution in [-0.4, -0.2) is 25.2 Å². The lowest BCUT2D eigenvalue weighted by molar-refractivity contribution is 0.387. The molecule has 1 heterocycles. The Hall–Kier alpha value is -0.730. The maximum Gasteiger partial charge on any atom is 0.0455 e. The Morgan fingerprint density at radius 3 is 2.50 bits per heavy atom. The molecule has 0 radical (unpaired) electrons. The van der Waals surface area contributed by atoms with Gasteiger partial charge in [-0.2, -0.15) is 0 Å². The van der Waals surface area contributed by atoms with Crippen molar-refractivity contribution >= 4 is 17.3 Å². The Morgan fingerprint density at radius 1 is 1.28 bits per heavy atom. The van der Waals surface area contributed by atoms with Gasteiger partial charge >= 0.3 is 0 Å². The molecule has 1 aliphatic rings. The third-order valence-corrected chi connectivity index (χ3v) is 3.99. The molecular formula is C15H23ClN2. The maximum atomic E-state index is 6.19. The molecule has 1 saturated heterocycles. The Labute approximate surface area is 115 Å². The quantitative estimate of drug-likeness (QED) is 0.899. The monoisotopic (exact) mass is 266 g/mol. The lowest BCUT2D eigenvalue weighted by Gasteiger charge is -2.35. The summed E-state index contributed by atoms with van der Waals surface area (Å²) < 4.78 is 0. The topological polar surface area (TPSA) is 15.3 Å². The van der Waals surface area contributed by atoms with E-state index in [9.17, 15) is 0 Å². The summed E-state index contributed by atoms with van der Waals surface area (Å²) in [7, 11) is 0. The number of hydrogen-bond acceptors (Lipinski definition) is 2. The fourth-order valence-corrected chi connectivity index (χ4v) is 2.73. The van der Waals surface area contributed by atoms with E-state index in [1.165, 1.54) is 18.5 Å². The lowest BCUT2D eigenvalue weighted by atomic mass is 10.0. The van der Waals surface area contributed by atoms with Crippen LogP contribution in [0.5, 0.6) is 0 Å². The van der Waals surface area contributed by atoms with Crippen molar-refractivity contribution in [1.29, 1.82) is 0 Å². The predicted molar refractivity (Wildman–Crippen MR) is 79.7 cm³/mol. The fourth-order valence-electron chi connectivity index (χ4n) is 2.55. The molecule has 0 spiro atoms. The van der Waals surface area contributed by atoms with Crippen molar-refractivity contribution < 1.29 is 0 Å². The molecule has 0 bridgehead atoms. The molecule has 1 N–H and O–H groups in total. The molecule has 1 aromatic carbocycles. The first-order chi connectivity index (χ1) is 8.56. The molecule has 1 fully saturated rings. The van der Waals surface area contributed by atoms with Gasteiger partial charge in [-0.3, -0.25) is 0 Å². The number of anilines is 1. The second-order valence-corrected chi connectivity index (χ2v) is 5.92. The summed E-state index contributed by atoms with van der Waals surface area (Å²) in [5, 5.41) is 4.49. The summed E-state index contributed by atoms with van der Waals surface area (Å²) in [5.41, 5.74) is 2.41. The van der Waals surface area contributed by atoms with Crippen LogP contribution in [0.3, 0.4) is 0 Å². The van der Waals surface area contributed by atoms with Gasteiger partial charge in [0.05, 0.1) is 0 Å². The Kier molecular flexibility index (Phi) is 4.52.